The van der Waals surface area contributed by atoms with Gasteiger partial charge in [0.05, 0.1) is 36.8 Å². The first-order chi connectivity index (χ1) is 14.9. The van der Waals surface area contributed by atoms with Gasteiger partial charge in [0.15, 0.2) is 5.69 Å². The summed E-state index contributed by atoms with van der Waals surface area (Å²) in [6, 6.07) is 14.0. The number of hydrogen-bond acceptors (Lipinski definition) is 3. The van der Waals surface area contributed by atoms with Crippen molar-refractivity contribution >= 4 is 29.1 Å². The Hall–Kier alpha value is -3.63. The third-order valence-electron chi connectivity index (χ3n) is 5.37. The molecule has 1 aromatic heterocycles. The molecule has 1 aliphatic rings. The summed E-state index contributed by atoms with van der Waals surface area (Å²) in [7, 11) is 0. The predicted molar refractivity (Wildman–Crippen MR) is 118 cm³/mol. The largest absolute Gasteiger partial charge is 0.365 e. The molecule has 156 valence electrons. The summed E-state index contributed by atoms with van der Waals surface area (Å²) >= 11 is 6.12. The van der Waals surface area contributed by atoms with E-state index in [9.17, 15) is 9.59 Å². The van der Waals surface area contributed by atoms with E-state index in [2.05, 4.69) is 9.94 Å². The number of halogens is 1. The van der Waals surface area contributed by atoms with Crippen LogP contribution in [0.15, 0.2) is 48.5 Å². The number of rotatable bonds is 4. The number of amides is 2. The van der Waals surface area contributed by atoms with Crippen molar-refractivity contribution in [1.29, 1.82) is 0 Å². The van der Waals surface area contributed by atoms with E-state index in [0.717, 1.165) is 5.56 Å². The molecule has 4 rings (SSSR count). The second-order valence-corrected chi connectivity index (χ2v) is 8.00. The fraction of sp³-hybridized carbons (Fsp3) is 0.217. The van der Waals surface area contributed by atoms with Crippen LogP contribution in [-0.2, 0) is 17.8 Å². The van der Waals surface area contributed by atoms with Gasteiger partial charge in [0.25, 0.3) is 5.91 Å². The zero-order valence-electron chi connectivity index (χ0n) is 16.9. The van der Waals surface area contributed by atoms with E-state index in [1.54, 1.807) is 52.0 Å². The number of nitrogens with zero attached hydrogens (tertiary/aromatic N) is 4. The highest BCUT2D eigenvalue weighted by Gasteiger charge is 2.32. The summed E-state index contributed by atoms with van der Waals surface area (Å²) < 4.78 is 1.78. The van der Waals surface area contributed by atoms with E-state index in [0.29, 0.717) is 39.8 Å². The normalized spacial score (nSPS) is 15.3. The molecule has 1 atom stereocenters. The second kappa shape index (κ2) is 8.25. The Balaban J connectivity index is 1.65. The Labute approximate surface area is 184 Å². The average molecular weight is 434 g/mol. The van der Waals surface area contributed by atoms with Crippen molar-refractivity contribution in [2.24, 2.45) is 5.73 Å². The summed E-state index contributed by atoms with van der Waals surface area (Å²) in [5.74, 6) is -0.651. The van der Waals surface area contributed by atoms with Crippen molar-refractivity contribution in [1.82, 2.24) is 14.7 Å². The maximum absolute atomic E-state index is 13.0. The lowest BCUT2D eigenvalue weighted by atomic mass is 10.0. The zero-order chi connectivity index (χ0) is 22.1. The molecule has 0 spiro atoms. The zero-order valence-corrected chi connectivity index (χ0v) is 17.6. The van der Waals surface area contributed by atoms with Crippen molar-refractivity contribution in [2.75, 3.05) is 6.54 Å². The fourth-order valence-corrected chi connectivity index (χ4v) is 4.08. The predicted octanol–water partition coefficient (Wildman–Crippen LogP) is 4.00. The molecule has 0 bridgehead atoms. The number of fused-ring (bicyclic) bond motifs is 1. The van der Waals surface area contributed by atoms with Crippen LogP contribution < -0.4 is 5.73 Å². The lowest BCUT2D eigenvalue weighted by molar-refractivity contribution is -0.132. The van der Waals surface area contributed by atoms with E-state index in [4.69, 9.17) is 23.9 Å². The molecule has 2 amide bonds. The van der Waals surface area contributed by atoms with Crippen molar-refractivity contribution in [3.63, 3.8) is 0 Å². The first kappa shape index (κ1) is 20.6. The van der Waals surface area contributed by atoms with Crippen LogP contribution in [0.4, 0.5) is 5.69 Å². The maximum atomic E-state index is 13.0. The van der Waals surface area contributed by atoms with E-state index < -0.39 is 5.91 Å². The van der Waals surface area contributed by atoms with Crippen LogP contribution in [0.1, 0.15) is 34.6 Å². The van der Waals surface area contributed by atoms with Crippen LogP contribution in [0.3, 0.4) is 0 Å². The number of nitrogens with two attached hydrogens (primary N) is 1. The molecule has 0 saturated carbocycles. The van der Waals surface area contributed by atoms with Gasteiger partial charge in [-0.15, -0.1) is 0 Å². The van der Waals surface area contributed by atoms with Crippen molar-refractivity contribution in [2.45, 2.75) is 25.9 Å². The van der Waals surface area contributed by atoms with E-state index in [-0.39, 0.29) is 24.9 Å². The summed E-state index contributed by atoms with van der Waals surface area (Å²) in [4.78, 5) is 30.4. The van der Waals surface area contributed by atoms with Crippen molar-refractivity contribution < 1.29 is 9.59 Å². The highest BCUT2D eigenvalue weighted by atomic mass is 35.5. The molecule has 0 aliphatic carbocycles. The molecule has 3 aromatic rings. The number of carbonyl (C=O) groups is 2. The van der Waals surface area contributed by atoms with Crippen LogP contribution in [-0.4, -0.2) is 33.0 Å². The monoisotopic (exact) mass is 433 g/mol. The van der Waals surface area contributed by atoms with Gasteiger partial charge in [-0.3, -0.25) is 14.3 Å². The van der Waals surface area contributed by atoms with Crippen LogP contribution in [0.2, 0.25) is 5.02 Å². The number of benzene rings is 2. The lowest BCUT2D eigenvalue weighted by Crippen LogP contribution is -2.41. The van der Waals surface area contributed by atoms with Crippen molar-refractivity contribution in [3.05, 3.63) is 81.8 Å². The molecule has 1 aliphatic heterocycles. The summed E-state index contributed by atoms with van der Waals surface area (Å²) in [5.41, 5.74) is 9.20. The van der Waals surface area contributed by atoms with Crippen LogP contribution >= 0.6 is 11.6 Å². The second-order valence-electron chi connectivity index (χ2n) is 7.57. The molecule has 2 aromatic carbocycles. The molecular weight excluding hydrogens is 414 g/mol. The van der Waals surface area contributed by atoms with Gasteiger partial charge < -0.3 is 10.6 Å². The molecule has 1 unspecified atom stereocenters. The minimum atomic E-state index is -0.590. The Morgan fingerprint density at radius 1 is 1.26 bits per heavy atom. The molecule has 7 nitrogen and oxygen atoms in total. The molecule has 8 heteroatoms. The first-order valence-corrected chi connectivity index (χ1v) is 10.2. The maximum Gasteiger partial charge on any atom is 0.252 e. The quantitative estimate of drug-likeness (QED) is 0.631. The van der Waals surface area contributed by atoms with Gasteiger partial charge in [-0.2, -0.15) is 5.10 Å². The van der Waals surface area contributed by atoms with Gasteiger partial charge in [0.2, 0.25) is 5.91 Å². The summed E-state index contributed by atoms with van der Waals surface area (Å²) in [6.07, 6.45) is 0.214. The third-order valence-corrected chi connectivity index (χ3v) is 5.61. The Morgan fingerprint density at radius 2 is 2.00 bits per heavy atom. The Kier molecular flexibility index (Phi) is 5.49. The molecule has 31 heavy (non-hydrogen) atoms. The topological polar surface area (TPSA) is 85.6 Å². The van der Waals surface area contributed by atoms with E-state index in [1.165, 1.54) is 0 Å². The van der Waals surface area contributed by atoms with Crippen LogP contribution in [0, 0.1) is 6.57 Å². The smallest absolute Gasteiger partial charge is 0.252 e. The average Bonchev–Trinajstić information content (AvgIpc) is 3.15. The summed E-state index contributed by atoms with van der Waals surface area (Å²) in [5, 5.41) is 5.19. The molecule has 0 fully saturated rings. The van der Waals surface area contributed by atoms with E-state index >= 15 is 0 Å². The van der Waals surface area contributed by atoms with Gasteiger partial charge in [-0.05, 0) is 24.6 Å². The Bertz CT molecular complexity index is 1210. The Morgan fingerprint density at radius 3 is 2.65 bits per heavy atom. The van der Waals surface area contributed by atoms with Crippen LogP contribution in [0.25, 0.3) is 16.1 Å². The minimum absolute atomic E-state index is 0.0606. The highest BCUT2D eigenvalue weighted by Crippen LogP contribution is 2.32. The first-order valence-electron chi connectivity index (χ1n) is 9.78. The van der Waals surface area contributed by atoms with Gasteiger partial charge in [-0.25, -0.2) is 4.85 Å². The molecule has 2 heterocycles. The lowest BCUT2D eigenvalue weighted by Gasteiger charge is -2.32. The van der Waals surface area contributed by atoms with Gasteiger partial charge >= 0.3 is 0 Å². The van der Waals surface area contributed by atoms with E-state index in [1.807, 2.05) is 13.0 Å². The molecule has 0 saturated heterocycles. The van der Waals surface area contributed by atoms with Crippen LogP contribution in [0.5, 0.6) is 0 Å². The van der Waals surface area contributed by atoms with Crippen molar-refractivity contribution in [3.8, 4) is 11.3 Å². The highest BCUT2D eigenvalue weighted by molar-refractivity contribution is 6.30. The SMILES string of the molecule is [C-]#[N+]c1ccc(CC(=O)N2Cc3c(C(N)=O)c(-c4cccc(Cl)c4)nn3C(C)C2)cc1. The standard InChI is InChI=1S/C23H20ClN5O2/c1-14-12-28(20(30)10-15-6-8-18(26-2)9-7-15)13-19-21(23(25)31)22(27-29(14)19)16-4-3-5-17(24)11-16/h3-9,11,14H,10,12-13H2,1H3,(H2,25,31). The minimum Gasteiger partial charge on any atom is -0.365 e. The fourth-order valence-electron chi connectivity index (χ4n) is 3.89. The van der Waals surface area contributed by atoms with Gasteiger partial charge in [0.1, 0.15) is 5.69 Å². The molecule has 2 N–H and O–H groups in total. The number of aromatic nitrogens is 2. The number of hydrogen-bond donors (Lipinski definition) is 1. The third kappa shape index (κ3) is 4.03. The number of carbonyl (C=O) groups excluding carboxylic acids is 2. The summed E-state index contributed by atoms with van der Waals surface area (Å²) in [6.45, 7) is 9.70. The molecular formula is C23H20ClN5O2. The number of primary amides is 1. The molecule has 0 radical (unpaired) electrons. The van der Waals surface area contributed by atoms with Gasteiger partial charge in [-0.1, -0.05) is 48.0 Å². The van der Waals surface area contributed by atoms with Gasteiger partial charge in [0, 0.05) is 17.1 Å².